The molecule has 7 nitrogen and oxygen atoms in total. The van der Waals surface area contributed by atoms with E-state index in [1.807, 2.05) is 27.1 Å². The zero-order valence-corrected chi connectivity index (χ0v) is 22.5. The van der Waals surface area contributed by atoms with E-state index in [1.165, 1.54) is 7.11 Å². The van der Waals surface area contributed by atoms with Crippen LogP contribution < -0.4 is 4.74 Å². The van der Waals surface area contributed by atoms with E-state index in [0.717, 1.165) is 24.1 Å². The highest BCUT2D eigenvalue weighted by atomic mass is 35.5. The lowest BCUT2D eigenvalue weighted by atomic mass is 9.72. The first-order valence-corrected chi connectivity index (χ1v) is 12.2. The second-order valence-corrected chi connectivity index (χ2v) is 9.89. The van der Waals surface area contributed by atoms with Crippen molar-refractivity contribution in [3.63, 3.8) is 0 Å². The second-order valence-electron chi connectivity index (χ2n) is 9.51. The molecule has 8 heteroatoms. The number of oxime groups is 1. The van der Waals surface area contributed by atoms with Crippen molar-refractivity contribution in [3.05, 3.63) is 45.5 Å². The molecule has 0 radical (unpaired) electrons. The first-order chi connectivity index (χ1) is 16.5. The van der Waals surface area contributed by atoms with Gasteiger partial charge in [0.2, 0.25) is 0 Å². The first-order valence-electron chi connectivity index (χ1n) is 11.8. The van der Waals surface area contributed by atoms with Crippen LogP contribution in [0, 0.1) is 24.7 Å². The number of phenols is 1. The number of carbonyl (C=O) groups is 2. The number of carbonyl (C=O) groups excluding carboxylic acids is 2. The maximum Gasteiger partial charge on any atom is 0.348 e. The number of hydrogen-bond donors (Lipinski definition) is 1. The molecular weight excluding hydrogens is 468 g/mol. The van der Waals surface area contributed by atoms with Gasteiger partial charge in [-0.15, -0.1) is 0 Å². The molecule has 0 amide bonds. The lowest BCUT2D eigenvalue weighted by Gasteiger charge is -2.33. The van der Waals surface area contributed by atoms with Gasteiger partial charge in [-0.3, -0.25) is 9.69 Å². The molecule has 192 valence electrons. The molecule has 1 unspecified atom stereocenters. The summed E-state index contributed by atoms with van der Waals surface area (Å²) in [4.78, 5) is 30.2. The molecule has 3 atom stereocenters. The van der Waals surface area contributed by atoms with E-state index >= 15 is 0 Å². The summed E-state index contributed by atoms with van der Waals surface area (Å²) in [6, 6.07) is 0. The number of benzene rings is 1. The maximum atomic E-state index is 11.9. The van der Waals surface area contributed by atoms with Crippen LogP contribution in [0.4, 0.5) is 0 Å². The minimum Gasteiger partial charge on any atom is -0.507 e. The summed E-state index contributed by atoms with van der Waals surface area (Å²) < 4.78 is 5.42. The van der Waals surface area contributed by atoms with Crippen molar-refractivity contribution in [1.82, 2.24) is 4.90 Å². The molecule has 1 fully saturated rings. The largest absolute Gasteiger partial charge is 0.507 e. The van der Waals surface area contributed by atoms with Crippen molar-refractivity contribution in [2.75, 3.05) is 27.7 Å². The fourth-order valence-corrected chi connectivity index (χ4v) is 4.69. The third-order valence-corrected chi connectivity index (χ3v) is 7.06. The van der Waals surface area contributed by atoms with Gasteiger partial charge in [0.25, 0.3) is 0 Å². The summed E-state index contributed by atoms with van der Waals surface area (Å²) in [5.41, 5.74) is 3.04. The Hall–Kier alpha value is -2.64. The summed E-state index contributed by atoms with van der Waals surface area (Å²) in [6.07, 6.45) is 8.93. The number of ether oxygens (including phenoxy) is 1. The first kappa shape index (κ1) is 28.6. The van der Waals surface area contributed by atoms with Gasteiger partial charge in [0.1, 0.15) is 11.5 Å². The average Bonchev–Trinajstić information content (AvgIpc) is 2.79. The number of methoxy groups -OCH3 is 1. The van der Waals surface area contributed by atoms with E-state index in [4.69, 9.17) is 21.2 Å². The Bertz CT molecular complexity index is 1030. The molecule has 0 bridgehead atoms. The predicted octanol–water partition coefficient (Wildman–Crippen LogP) is 5.36. The predicted molar refractivity (Wildman–Crippen MR) is 140 cm³/mol. The van der Waals surface area contributed by atoms with Crippen molar-refractivity contribution >= 4 is 29.6 Å². The number of likely N-dealkylation sites (N-methyl/N-ethyl adjacent to an activating group) is 1. The van der Waals surface area contributed by atoms with Gasteiger partial charge in [-0.2, -0.15) is 0 Å². The molecular formula is C27H37ClN2O5. The zero-order chi connectivity index (χ0) is 26.3. The fourth-order valence-electron chi connectivity index (χ4n) is 4.40. The van der Waals surface area contributed by atoms with E-state index < -0.39 is 0 Å². The van der Waals surface area contributed by atoms with Gasteiger partial charge >= 0.3 is 5.97 Å². The van der Waals surface area contributed by atoms with E-state index in [0.29, 0.717) is 40.5 Å². The van der Waals surface area contributed by atoms with Gasteiger partial charge in [0, 0.05) is 11.5 Å². The van der Waals surface area contributed by atoms with Crippen molar-refractivity contribution in [2.45, 2.75) is 47.0 Å². The Morgan fingerprint density at radius 1 is 1.31 bits per heavy atom. The van der Waals surface area contributed by atoms with Gasteiger partial charge in [-0.25, -0.2) is 4.79 Å². The third-order valence-electron chi connectivity index (χ3n) is 6.61. The smallest absolute Gasteiger partial charge is 0.348 e. The number of aromatic hydroxyl groups is 1. The van der Waals surface area contributed by atoms with E-state index in [1.54, 1.807) is 11.8 Å². The Morgan fingerprint density at radius 3 is 2.60 bits per heavy atom. The molecule has 1 aromatic rings. The molecule has 35 heavy (non-hydrogen) atoms. The number of halogens is 1. The Balaban J connectivity index is 2.19. The van der Waals surface area contributed by atoms with Gasteiger partial charge in [0.05, 0.1) is 30.0 Å². The highest BCUT2D eigenvalue weighted by Crippen LogP contribution is 2.41. The summed E-state index contributed by atoms with van der Waals surface area (Å²) in [5.74, 6) is 0.750. The van der Waals surface area contributed by atoms with Crippen LogP contribution in [0.1, 0.15) is 55.1 Å². The molecule has 2 rings (SSSR count). The van der Waals surface area contributed by atoms with Crippen LogP contribution in [0.3, 0.4) is 0 Å². The van der Waals surface area contributed by atoms with Crippen LogP contribution in [0.2, 0.25) is 5.02 Å². The van der Waals surface area contributed by atoms with Crippen molar-refractivity contribution < 1.29 is 24.3 Å². The van der Waals surface area contributed by atoms with E-state index in [-0.39, 0.29) is 35.7 Å². The standard InChI is InChI=1S/C27H37ClN2O5/c1-16(9-12-21-26(33)22(15-31)19(4)25(28)27(21)34-7)8-11-20-17(2)10-13-23(18(20)3)29-35-24(32)14-30(5)6/h8-9,11,15,17-18,20,33H,10,12-14H2,1-7H3/b11-8+,16-9+,29-23+/t17-,18-,20?/m1/s1. The third kappa shape index (κ3) is 7.18. The molecule has 0 aliphatic heterocycles. The molecule has 0 saturated heterocycles. The van der Waals surface area contributed by atoms with Crippen molar-refractivity contribution in [2.24, 2.45) is 22.9 Å². The van der Waals surface area contributed by atoms with Crippen molar-refractivity contribution in [3.8, 4) is 11.5 Å². The van der Waals surface area contributed by atoms with Crippen LogP contribution in [-0.4, -0.2) is 55.7 Å². The van der Waals surface area contributed by atoms with Crippen LogP contribution in [0.5, 0.6) is 11.5 Å². The molecule has 1 aliphatic rings. The highest BCUT2D eigenvalue weighted by Gasteiger charge is 2.31. The summed E-state index contributed by atoms with van der Waals surface area (Å²) in [7, 11) is 5.10. The quantitative estimate of drug-likeness (QED) is 0.211. The van der Waals surface area contributed by atoms with Crippen molar-refractivity contribution in [1.29, 1.82) is 0 Å². The number of nitrogens with zero attached hydrogens (tertiary/aromatic N) is 2. The van der Waals surface area contributed by atoms with E-state index in [9.17, 15) is 14.7 Å². The molecule has 1 aliphatic carbocycles. The van der Waals surface area contributed by atoms with Crippen LogP contribution in [0.25, 0.3) is 0 Å². The van der Waals surface area contributed by atoms with Gasteiger partial charge in [0.15, 0.2) is 6.29 Å². The Labute approximate surface area is 213 Å². The summed E-state index contributed by atoms with van der Waals surface area (Å²) in [6.45, 7) is 8.18. The maximum absolute atomic E-state index is 11.9. The normalized spacial score (nSPS) is 22.1. The zero-order valence-electron chi connectivity index (χ0n) is 21.7. The van der Waals surface area contributed by atoms with Crippen LogP contribution >= 0.6 is 11.6 Å². The SMILES string of the molecule is COc1c(Cl)c(C)c(C=O)c(O)c1C/C=C(C)/C=C/C1[C@H](C)CC/C(=N\OC(=O)CN(C)C)[C@@H]1C. The Kier molecular flexibility index (Phi) is 10.5. The molecule has 1 saturated carbocycles. The van der Waals surface area contributed by atoms with E-state index in [2.05, 4.69) is 31.2 Å². The lowest BCUT2D eigenvalue weighted by Crippen LogP contribution is -2.31. The van der Waals surface area contributed by atoms with Gasteiger partial charge in [-0.05, 0) is 64.6 Å². The second kappa shape index (κ2) is 12.9. The topological polar surface area (TPSA) is 88.4 Å². The fraction of sp³-hybridized carbons (Fsp3) is 0.519. The van der Waals surface area contributed by atoms with Gasteiger partial charge in [-0.1, -0.05) is 54.4 Å². The summed E-state index contributed by atoms with van der Waals surface area (Å²) in [5, 5.41) is 15.1. The molecule has 1 N–H and O–H groups in total. The number of aldehydes is 1. The number of phenolic OH excluding ortho intramolecular Hbond substituents is 1. The average molecular weight is 505 g/mol. The van der Waals surface area contributed by atoms with Crippen LogP contribution in [0.15, 0.2) is 29.0 Å². The Morgan fingerprint density at radius 2 is 2.00 bits per heavy atom. The van der Waals surface area contributed by atoms with Crippen LogP contribution in [-0.2, 0) is 16.1 Å². The molecule has 1 aromatic carbocycles. The lowest BCUT2D eigenvalue weighted by molar-refractivity contribution is -0.144. The van der Waals surface area contributed by atoms with Gasteiger partial charge < -0.3 is 14.7 Å². The highest BCUT2D eigenvalue weighted by molar-refractivity contribution is 6.33. The molecule has 0 heterocycles. The number of allylic oxidation sites excluding steroid dienone is 4. The number of hydrogen-bond acceptors (Lipinski definition) is 7. The molecule has 0 aromatic heterocycles. The number of rotatable bonds is 9. The minimum absolute atomic E-state index is 0.106. The minimum atomic E-state index is -0.369. The summed E-state index contributed by atoms with van der Waals surface area (Å²) >= 11 is 6.37. The monoisotopic (exact) mass is 504 g/mol. The molecule has 0 spiro atoms.